The number of fused-ring (bicyclic) bond motifs is 1. The van der Waals surface area contributed by atoms with Gasteiger partial charge in [0.15, 0.2) is 0 Å². The number of ether oxygens (including phenoxy) is 1. The molecule has 1 aliphatic carbocycles. The first kappa shape index (κ1) is 13.6. The lowest BCUT2D eigenvalue weighted by atomic mass is 9.90. The van der Waals surface area contributed by atoms with Crippen molar-refractivity contribution in [1.29, 1.82) is 0 Å². The number of carbonyl (C=O) groups excluding carboxylic acids is 1. The highest BCUT2D eigenvalue weighted by molar-refractivity contribution is 5.76. The predicted molar refractivity (Wildman–Crippen MR) is 78.5 cm³/mol. The van der Waals surface area contributed by atoms with E-state index >= 15 is 0 Å². The standard InChI is InChI=1S/C17H23NO2/c19-17(10-14-7-8-20-12-14)18-11-13-5-6-15-3-1-2-4-16(15)9-13/h5-6,9,14H,1-4,7-8,10-12H2,(H,18,19). The second kappa shape index (κ2) is 6.40. The molecule has 1 fully saturated rings. The number of amides is 1. The van der Waals surface area contributed by atoms with Crippen molar-refractivity contribution in [1.82, 2.24) is 5.32 Å². The molecule has 2 aliphatic rings. The van der Waals surface area contributed by atoms with Crippen LogP contribution >= 0.6 is 0 Å². The maximum atomic E-state index is 11.9. The summed E-state index contributed by atoms with van der Waals surface area (Å²) in [6, 6.07) is 6.66. The fourth-order valence-corrected chi connectivity index (χ4v) is 3.18. The summed E-state index contributed by atoms with van der Waals surface area (Å²) < 4.78 is 5.30. The predicted octanol–water partition coefficient (Wildman–Crippen LogP) is 2.61. The zero-order chi connectivity index (χ0) is 13.8. The maximum Gasteiger partial charge on any atom is 0.220 e. The lowest BCUT2D eigenvalue weighted by Gasteiger charge is -2.17. The number of benzene rings is 1. The summed E-state index contributed by atoms with van der Waals surface area (Å²) >= 11 is 0. The molecule has 3 rings (SSSR count). The van der Waals surface area contributed by atoms with E-state index in [0.717, 1.165) is 19.6 Å². The van der Waals surface area contributed by atoms with Crippen molar-refractivity contribution in [2.75, 3.05) is 13.2 Å². The summed E-state index contributed by atoms with van der Waals surface area (Å²) in [6.07, 6.45) is 6.63. The average Bonchev–Trinajstić information content (AvgIpc) is 2.98. The molecule has 1 aliphatic heterocycles. The molecule has 0 bridgehead atoms. The molecular weight excluding hydrogens is 250 g/mol. The Kier molecular flexibility index (Phi) is 4.36. The van der Waals surface area contributed by atoms with E-state index < -0.39 is 0 Å². The summed E-state index contributed by atoms with van der Waals surface area (Å²) in [5.74, 6) is 0.566. The van der Waals surface area contributed by atoms with Crippen LogP contribution in [0.15, 0.2) is 18.2 Å². The molecule has 1 atom stereocenters. The number of carbonyl (C=O) groups is 1. The first-order chi connectivity index (χ1) is 9.81. The van der Waals surface area contributed by atoms with Gasteiger partial charge in [0.05, 0.1) is 0 Å². The van der Waals surface area contributed by atoms with Crippen molar-refractivity contribution in [3.05, 3.63) is 34.9 Å². The van der Waals surface area contributed by atoms with Crippen LogP contribution in [0.5, 0.6) is 0 Å². The van der Waals surface area contributed by atoms with Gasteiger partial charge in [-0.25, -0.2) is 0 Å². The van der Waals surface area contributed by atoms with Crippen LogP contribution in [0.2, 0.25) is 0 Å². The Morgan fingerprint density at radius 2 is 2.10 bits per heavy atom. The minimum Gasteiger partial charge on any atom is -0.381 e. The number of rotatable bonds is 4. The van der Waals surface area contributed by atoms with E-state index in [0.29, 0.717) is 18.9 Å². The van der Waals surface area contributed by atoms with Crippen LogP contribution in [0.1, 0.15) is 42.4 Å². The normalized spacial score (nSPS) is 21.5. The summed E-state index contributed by atoms with van der Waals surface area (Å²) in [4.78, 5) is 11.9. The fourth-order valence-electron chi connectivity index (χ4n) is 3.18. The molecule has 0 saturated carbocycles. The van der Waals surface area contributed by atoms with Gasteiger partial charge in [0, 0.05) is 26.2 Å². The number of hydrogen-bond donors (Lipinski definition) is 1. The fraction of sp³-hybridized carbons (Fsp3) is 0.588. The van der Waals surface area contributed by atoms with Crippen molar-refractivity contribution < 1.29 is 9.53 Å². The van der Waals surface area contributed by atoms with Gasteiger partial charge in [-0.2, -0.15) is 0 Å². The van der Waals surface area contributed by atoms with Crippen molar-refractivity contribution >= 4 is 5.91 Å². The Morgan fingerprint density at radius 3 is 2.90 bits per heavy atom. The van der Waals surface area contributed by atoms with Crippen LogP contribution in [-0.2, 0) is 28.9 Å². The van der Waals surface area contributed by atoms with E-state index in [9.17, 15) is 4.79 Å². The highest BCUT2D eigenvalue weighted by atomic mass is 16.5. The van der Waals surface area contributed by atoms with Crippen LogP contribution in [0.25, 0.3) is 0 Å². The van der Waals surface area contributed by atoms with E-state index in [-0.39, 0.29) is 5.91 Å². The molecule has 20 heavy (non-hydrogen) atoms. The molecule has 0 aromatic heterocycles. The Morgan fingerprint density at radius 1 is 1.25 bits per heavy atom. The quantitative estimate of drug-likeness (QED) is 0.915. The largest absolute Gasteiger partial charge is 0.381 e. The molecule has 1 aromatic rings. The van der Waals surface area contributed by atoms with Crippen LogP contribution < -0.4 is 5.32 Å². The molecule has 0 radical (unpaired) electrons. The van der Waals surface area contributed by atoms with Crippen molar-refractivity contribution in [3.63, 3.8) is 0 Å². The third kappa shape index (κ3) is 3.40. The number of nitrogens with one attached hydrogen (secondary N) is 1. The monoisotopic (exact) mass is 273 g/mol. The zero-order valence-electron chi connectivity index (χ0n) is 12.0. The molecular formula is C17H23NO2. The van der Waals surface area contributed by atoms with Crippen molar-refractivity contribution in [2.24, 2.45) is 5.92 Å². The minimum atomic E-state index is 0.151. The Balaban J connectivity index is 1.51. The average molecular weight is 273 g/mol. The zero-order valence-corrected chi connectivity index (χ0v) is 12.0. The molecule has 3 heteroatoms. The molecule has 108 valence electrons. The van der Waals surface area contributed by atoms with E-state index in [1.165, 1.54) is 42.4 Å². The van der Waals surface area contributed by atoms with E-state index in [2.05, 4.69) is 23.5 Å². The van der Waals surface area contributed by atoms with Gasteiger partial charge in [0.1, 0.15) is 0 Å². The van der Waals surface area contributed by atoms with Gasteiger partial charge in [-0.1, -0.05) is 18.2 Å². The third-order valence-electron chi connectivity index (χ3n) is 4.40. The van der Waals surface area contributed by atoms with Gasteiger partial charge in [-0.3, -0.25) is 4.79 Å². The van der Waals surface area contributed by atoms with Crippen LogP contribution in [0, 0.1) is 5.92 Å². The molecule has 1 aromatic carbocycles. The second-order valence-electron chi connectivity index (χ2n) is 6.02. The smallest absolute Gasteiger partial charge is 0.220 e. The minimum absolute atomic E-state index is 0.151. The van der Waals surface area contributed by atoms with Crippen LogP contribution in [-0.4, -0.2) is 19.1 Å². The van der Waals surface area contributed by atoms with Crippen LogP contribution in [0.3, 0.4) is 0 Å². The third-order valence-corrected chi connectivity index (χ3v) is 4.40. The second-order valence-corrected chi connectivity index (χ2v) is 6.02. The highest BCUT2D eigenvalue weighted by Gasteiger charge is 2.18. The van der Waals surface area contributed by atoms with Gasteiger partial charge >= 0.3 is 0 Å². The summed E-state index contributed by atoms with van der Waals surface area (Å²) in [6.45, 7) is 2.20. The first-order valence-electron chi connectivity index (χ1n) is 7.76. The Bertz CT molecular complexity index is 478. The van der Waals surface area contributed by atoms with E-state index in [1.807, 2.05) is 0 Å². The summed E-state index contributed by atoms with van der Waals surface area (Å²) in [7, 11) is 0. The topological polar surface area (TPSA) is 38.3 Å². The molecule has 1 N–H and O–H groups in total. The summed E-state index contributed by atoms with van der Waals surface area (Å²) in [5, 5.41) is 3.04. The molecule has 1 amide bonds. The molecule has 3 nitrogen and oxygen atoms in total. The molecule has 1 saturated heterocycles. The van der Waals surface area contributed by atoms with Crippen molar-refractivity contribution in [2.45, 2.75) is 45.1 Å². The van der Waals surface area contributed by atoms with Gasteiger partial charge in [0.25, 0.3) is 0 Å². The lowest BCUT2D eigenvalue weighted by Crippen LogP contribution is -2.25. The first-order valence-corrected chi connectivity index (χ1v) is 7.76. The number of hydrogen-bond acceptors (Lipinski definition) is 2. The molecule has 0 spiro atoms. The van der Waals surface area contributed by atoms with E-state index in [4.69, 9.17) is 4.74 Å². The SMILES string of the molecule is O=C(CC1CCOC1)NCc1ccc2c(c1)CCCC2. The Labute approximate surface area is 120 Å². The maximum absolute atomic E-state index is 11.9. The van der Waals surface area contributed by atoms with E-state index in [1.54, 1.807) is 0 Å². The summed E-state index contributed by atoms with van der Waals surface area (Å²) in [5.41, 5.74) is 4.20. The van der Waals surface area contributed by atoms with Gasteiger partial charge in [-0.15, -0.1) is 0 Å². The molecule has 1 heterocycles. The van der Waals surface area contributed by atoms with Gasteiger partial charge in [0.2, 0.25) is 5.91 Å². The highest BCUT2D eigenvalue weighted by Crippen LogP contribution is 2.22. The van der Waals surface area contributed by atoms with Gasteiger partial charge < -0.3 is 10.1 Å². The van der Waals surface area contributed by atoms with Crippen molar-refractivity contribution in [3.8, 4) is 0 Å². The molecule has 1 unspecified atom stereocenters. The van der Waals surface area contributed by atoms with Crippen LogP contribution in [0.4, 0.5) is 0 Å². The van der Waals surface area contributed by atoms with Gasteiger partial charge in [-0.05, 0) is 54.7 Å². The number of aryl methyl sites for hydroxylation is 2. The Hall–Kier alpha value is -1.35. The lowest BCUT2D eigenvalue weighted by molar-refractivity contribution is -0.122.